The van der Waals surface area contributed by atoms with Crippen LogP contribution in [0.15, 0.2) is 30.3 Å². The maximum absolute atomic E-state index is 4.31. The van der Waals surface area contributed by atoms with Gasteiger partial charge in [0.1, 0.15) is 0 Å². The summed E-state index contributed by atoms with van der Waals surface area (Å²) in [6, 6.07) is 10.8. The zero-order valence-electron chi connectivity index (χ0n) is 8.84. The highest BCUT2D eigenvalue weighted by Crippen LogP contribution is 2.43. The zero-order chi connectivity index (χ0) is 9.86. The van der Waals surface area contributed by atoms with Crippen molar-refractivity contribution in [1.82, 2.24) is 0 Å². The molecule has 0 bridgehead atoms. The second-order valence-corrected chi connectivity index (χ2v) is 4.69. The van der Waals surface area contributed by atoms with Crippen LogP contribution >= 0.6 is 0 Å². The number of benzene rings is 1. The van der Waals surface area contributed by atoms with E-state index >= 15 is 0 Å². The van der Waals surface area contributed by atoms with Crippen molar-refractivity contribution >= 4 is 0 Å². The monoisotopic (exact) mass is 187 g/mol. The fourth-order valence-corrected chi connectivity index (χ4v) is 2.24. The van der Waals surface area contributed by atoms with E-state index in [0.29, 0.717) is 5.41 Å². The molecule has 0 N–H and O–H groups in total. The highest BCUT2D eigenvalue weighted by Gasteiger charge is 2.30. The second-order valence-electron chi connectivity index (χ2n) is 4.69. The van der Waals surface area contributed by atoms with Crippen LogP contribution in [0.3, 0.4) is 0 Å². The van der Waals surface area contributed by atoms with Gasteiger partial charge in [0.05, 0.1) is 0 Å². The number of hydrogen-bond acceptors (Lipinski definition) is 0. The van der Waals surface area contributed by atoms with Crippen LogP contribution in [0.2, 0.25) is 0 Å². The molecule has 0 aromatic heterocycles. The molecule has 14 heavy (non-hydrogen) atoms. The second kappa shape index (κ2) is 4.16. The van der Waals surface area contributed by atoms with Crippen LogP contribution in [-0.4, -0.2) is 0 Å². The zero-order valence-corrected chi connectivity index (χ0v) is 8.84. The fourth-order valence-electron chi connectivity index (χ4n) is 2.24. The Balaban J connectivity index is 1.73. The third-order valence-electron chi connectivity index (χ3n) is 3.43. The highest BCUT2D eigenvalue weighted by molar-refractivity contribution is 5.14. The first-order valence-electron chi connectivity index (χ1n) is 5.68. The van der Waals surface area contributed by atoms with E-state index < -0.39 is 0 Å². The molecule has 0 atom stereocenters. The molecule has 1 aromatic carbocycles. The molecule has 0 spiro atoms. The van der Waals surface area contributed by atoms with Gasteiger partial charge < -0.3 is 0 Å². The molecule has 0 heteroatoms. The highest BCUT2D eigenvalue weighted by atomic mass is 14.4. The van der Waals surface area contributed by atoms with Crippen molar-refractivity contribution in [2.45, 2.75) is 38.5 Å². The standard InChI is InChI=1S/C14H19/c1-14(11-6-12-14)10-5-9-13-7-3-2-4-8-13/h2-4,7-8H,1,5-6,9-12H2. The summed E-state index contributed by atoms with van der Waals surface area (Å²) in [4.78, 5) is 0. The van der Waals surface area contributed by atoms with E-state index in [4.69, 9.17) is 0 Å². The quantitative estimate of drug-likeness (QED) is 0.668. The predicted molar refractivity (Wildman–Crippen MR) is 61.0 cm³/mol. The molecule has 2 rings (SSSR count). The molecule has 0 aliphatic heterocycles. The summed E-state index contributed by atoms with van der Waals surface area (Å²) in [6.07, 6.45) is 7.92. The van der Waals surface area contributed by atoms with Gasteiger partial charge in [-0.3, -0.25) is 0 Å². The van der Waals surface area contributed by atoms with Crippen molar-refractivity contribution in [3.8, 4) is 0 Å². The summed E-state index contributed by atoms with van der Waals surface area (Å²) in [5.41, 5.74) is 1.92. The Morgan fingerprint density at radius 1 is 1.14 bits per heavy atom. The Morgan fingerprint density at radius 3 is 2.43 bits per heavy atom. The average Bonchev–Trinajstić information content (AvgIpc) is 2.17. The molecule has 0 unspecified atom stereocenters. The maximum Gasteiger partial charge on any atom is -0.0279 e. The Morgan fingerprint density at radius 2 is 1.86 bits per heavy atom. The molecule has 1 radical (unpaired) electrons. The average molecular weight is 187 g/mol. The van der Waals surface area contributed by atoms with Crippen LogP contribution in [0.5, 0.6) is 0 Å². The minimum Gasteiger partial charge on any atom is -0.0622 e. The maximum atomic E-state index is 4.31. The Hall–Kier alpha value is -0.780. The van der Waals surface area contributed by atoms with Crippen molar-refractivity contribution in [3.63, 3.8) is 0 Å². The Bertz CT molecular complexity index is 269. The van der Waals surface area contributed by atoms with Gasteiger partial charge in [-0.2, -0.15) is 0 Å². The van der Waals surface area contributed by atoms with Gasteiger partial charge in [-0.1, -0.05) is 36.8 Å². The first-order chi connectivity index (χ1) is 6.79. The molecule has 75 valence electrons. The number of aryl methyl sites for hydroxylation is 1. The van der Waals surface area contributed by atoms with Crippen LogP contribution in [0.4, 0.5) is 0 Å². The molecule has 0 saturated heterocycles. The van der Waals surface area contributed by atoms with Crippen molar-refractivity contribution in [3.05, 3.63) is 42.8 Å². The third kappa shape index (κ3) is 2.37. The Labute approximate surface area is 87.3 Å². The van der Waals surface area contributed by atoms with Crippen molar-refractivity contribution in [2.75, 3.05) is 0 Å². The van der Waals surface area contributed by atoms with Crippen molar-refractivity contribution in [2.24, 2.45) is 5.41 Å². The normalized spacial score (nSPS) is 18.9. The molecule has 1 aromatic rings. The molecule has 0 amide bonds. The Kier molecular flexibility index (Phi) is 2.90. The van der Waals surface area contributed by atoms with Gasteiger partial charge in [-0.05, 0) is 50.0 Å². The molecular formula is C14H19. The van der Waals surface area contributed by atoms with E-state index in [1.807, 2.05) is 0 Å². The lowest BCUT2D eigenvalue weighted by Gasteiger charge is -2.38. The largest absolute Gasteiger partial charge is 0.0622 e. The SMILES string of the molecule is [CH2]C1(CCCc2ccccc2)CCC1. The van der Waals surface area contributed by atoms with Crippen LogP contribution < -0.4 is 0 Å². The molecule has 1 aliphatic rings. The lowest BCUT2D eigenvalue weighted by atomic mass is 9.67. The lowest BCUT2D eigenvalue weighted by molar-refractivity contribution is 0.179. The molecule has 1 fully saturated rings. The van der Waals surface area contributed by atoms with Gasteiger partial charge in [-0.25, -0.2) is 0 Å². The minimum absolute atomic E-state index is 0.453. The van der Waals surface area contributed by atoms with E-state index in [2.05, 4.69) is 37.3 Å². The van der Waals surface area contributed by atoms with Gasteiger partial charge in [0.2, 0.25) is 0 Å². The van der Waals surface area contributed by atoms with Gasteiger partial charge in [-0.15, -0.1) is 0 Å². The number of rotatable bonds is 4. The van der Waals surface area contributed by atoms with Gasteiger partial charge in [0, 0.05) is 0 Å². The van der Waals surface area contributed by atoms with E-state index in [9.17, 15) is 0 Å². The van der Waals surface area contributed by atoms with Crippen LogP contribution in [0.1, 0.15) is 37.7 Å². The summed E-state index contributed by atoms with van der Waals surface area (Å²) in [6.45, 7) is 4.31. The third-order valence-corrected chi connectivity index (χ3v) is 3.43. The summed E-state index contributed by atoms with van der Waals surface area (Å²) >= 11 is 0. The van der Waals surface area contributed by atoms with Crippen molar-refractivity contribution < 1.29 is 0 Å². The van der Waals surface area contributed by atoms with Gasteiger partial charge >= 0.3 is 0 Å². The summed E-state index contributed by atoms with van der Waals surface area (Å²) in [5, 5.41) is 0. The molecule has 1 saturated carbocycles. The fraction of sp³-hybridized carbons (Fsp3) is 0.500. The van der Waals surface area contributed by atoms with E-state index in [1.54, 1.807) is 0 Å². The first-order valence-corrected chi connectivity index (χ1v) is 5.68. The van der Waals surface area contributed by atoms with Crippen LogP contribution in [0, 0.1) is 12.3 Å². The lowest BCUT2D eigenvalue weighted by Crippen LogP contribution is -2.25. The van der Waals surface area contributed by atoms with Gasteiger partial charge in [0.25, 0.3) is 0 Å². The molecule has 1 aliphatic carbocycles. The van der Waals surface area contributed by atoms with Crippen LogP contribution in [0.25, 0.3) is 0 Å². The molecule has 0 heterocycles. The van der Waals surface area contributed by atoms with Gasteiger partial charge in [0.15, 0.2) is 0 Å². The van der Waals surface area contributed by atoms with E-state index in [1.165, 1.54) is 44.1 Å². The van der Waals surface area contributed by atoms with Crippen LogP contribution in [-0.2, 0) is 6.42 Å². The predicted octanol–water partition coefficient (Wildman–Crippen LogP) is 4.01. The smallest absolute Gasteiger partial charge is 0.0279 e. The summed E-state index contributed by atoms with van der Waals surface area (Å²) < 4.78 is 0. The van der Waals surface area contributed by atoms with Crippen molar-refractivity contribution in [1.29, 1.82) is 0 Å². The first kappa shape index (κ1) is 9.76. The summed E-state index contributed by atoms with van der Waals surface area (Å²) in [7, 11) is 0. The summed E-state index contributed by atoms with van der Waals surface area (Å²) in [5.74, 6) is 0. The molecular weight excluding hydrogens is 168 g/mol. The van der Waals surface area contributed by atoms with E-state index in [0.717, 1.165) is 0 Å². The topological polar surface area (TPSA) is 0 Å². The molecule has 0 nitrogen and oxygen atoms in total. The van der Waals surface area contributed by atoms with E-state index in [-0.39, 0.29) is 0 Å². The minimum atomic E-state index is 0.453. The number of hydrogen-bond donors (Lipinski definition) is 0.